The van der Waals surface area contributed by atoms with E-state index in [1.807, 2.05) is 24.8 Å². The molecule has 0 spiro atoms. The molecule has 9 heteroatoms. The summed E-state index contributed by atoms with van der Waals surface area (Å²) in [4.78, 5) is 24.9. The molecule has 2 N–H and O–H groups in total. The second-order valence-corrected chi connectivity index (χ2v) is 12.8. The van der Waals surface area contributed by atoms with Gasteiger partial charge in [0, 0.05) is 64.1 Å². The van der Waals surface area contributed by atoms with Gasteiger partial charge in [0.2, 0.25) is 11.9 Å². The van der Waals surface area contributed by atoms with Gasteiger partial charge in [0.25, 0.3) is 0 Å². The molecule has 3 heterocycles. The minimum Gasteiger partial charge on any atom is -0.354 e. The lowest BCUT2D eigenvalue weighted by Gasteiger charge is -2.32. The van der Waals surface area contributed by atoms with E-state index in [0.29, 0.717) is 0 Å². The van der Waals surface area contributed by atoms with Gasteiger partial charge in [-0.3, -0.25) is 0 Å². The van der Waals surface area contributed by atoms with Crippen molar-refractivity contribution in [2.45, 2.75) is 79.1 Å². The molecule has 1 aliphatic heterocycles. The molecule has 0 aliphatic carbocycles. The molecule has 2 aromatic heterocycles. The van der Waals surface area contributed by atoms with Gasteiger partial charge in [0.05, 0.1) is 0 Å². The zero-order valence-electron chi connectivity index (χ0n) is 26.9. The maximum Gasteiger partial charge on any atom is 0.222 e. The van der Waals surface area contributed by atoms with Gasteiger partial charge in [-0.2, -0.15) is 0 Å². The lowest BCUT2D eigenvalue weighted by molar-refractivity contribution is 0.154. The van der Waals surface area contributed by atoms with Crippen molar-refractivity contribution in [2.24, 2.45) is 0 Å². The van der Waals surface area contributed by atoms with Gasteiger partial charge in [-0.25, -0.2) is 19.9 Å². The highest BCUT2D eigenvalue weighted by Crippen LogP contribution is 2.21. The third kappa shape index (κ3) is 12.9. The fourth-order valence-corrected chi connectivity index (χ4v) is 4.23. The molecular formula is C31H57N9. The first kappa shape index (κ1) is 33.8. The fraction of sp³-hybridized carbons (Fsp3) is 0.742. The monoisotopic (exact) mass is 555 g/mol. The number of anilines is 2. The topological polar surface area (TPSA) is 85.3 Å². The maximum absolute atomic E-state index is 4.40. The van der Waals surface area contributed by atoms with Gasteiger partial charge in [0.15, 0.2) is 0 Å². The molecule has 0 unspecified atom stereocenters. The molecule has 1 saturated heterocycles. The van der Waals surface area contributed by atoms with Crippen LogP contribution < -0.4 is 10.6 Å². The smallest absolute Gasteiger partial charge is 0.222 e. The van der Waals surface area contributed by atoms with Gasteiger partial charge in [0.1, 0.15) is 0 Å². The fourth-order valence-electron chi connectivity index (χ4n) is 4.23. The molecule has 1 fully saturated rings. The van der Waals surface area contributed by atoms with Crippen molar-refractivity contribution in [3.05, 3.63) is 35.9 Å². The van der Waals surface area contributed by atoms with Crippen LogP contribution in [-0.4, -0.2) is 107 Å². The Labute approximate surface area is 244 Å². The van der Waals surface area contributed by atoms with E-state index in [2.05, 4.69) is 108 Å². The normalized spacial score (nSPS) is 15.1. The average Bonchev–Trinajstić information content (AvgIpc) is 2.92. The average molecular weight is 556 g/mol. The molecule has 40 heavy (non-hydrogen) atoms. The van der Waals surface area contributed by atoms with Crippen molar-refractivity contribution in [1.82, 2.24) is 34.6 Å². The Hall–Kier alpha value is -2.36. The van der Waals surface area contributed by atoms with E-state index in [9.17, 15) is 0 Å². The summed E-state index contributed by atoms with van der Waals surface area (Å²) in [6.45, 7) is 28.5. The molecular weight excluding hydrogens is 498 g/mol. The molecule has 0 radical (unpaired) electrons. The molecule has 2 aromatic rings. The van der Waals surface area contributed by atoms with E-state index >= 15 is 0 Å². The summed E-state index contributed by atoms with van der Waals surface area (Å²) in [7, 11) is 2.19. The molecule has 0 aromatic carbocycles. The highest BCUT2D eigenvalue weighted by molar-refractivity contribution is 5.27. The van der Waals surface area contributed by atoms with Crippen molar-refractivity contribution >= 4 is 11.9 Å². The lowest BCUT2D eigenvalue weighted by Crippen LogP contribution is -2.44. The zero-order chi connectivity index (χ0) is 29.6. The minimum absolute atomic E-state index is 0.111. The molecule has 0 atom stereocenters. The van der Waals surface area contributed by atoms with Crippen LogP contribution in [-0.2, 0) is 10.8 Å². The second-order valence-electron chi connectivity index (χ2n) is 12.8. The van der Waals surface area contributed by atoms with Gasteiger partial charge >= 0.3 is 0 Å². The van der Waals surface area contributed by atoms with Crippen LogP contribution in [0.3, 0.4) is 0 Å². The van der Waals surface area contributed by atoms with Crippen molar-refractivity contribution in [3.63, 3.8) is 0 Å². The van der Waals surface area contributed by atoms with Crippen molar-refractivity contribution in [2.75, 3.05) is 83.1 Å². The SMILES string of the molecule is CCN(CC)CCCNc1ncc(C(C)(C)C)cn1.CN1CCN(CCCNc2ncc(C(C)(C)C)cn2)CC1. The third-order valence-electron chi connectivity index (χ3n) is 7.39. The molecule has 0 saturated carbocycles. The number of piperazine rings is 1. The van der Waals surface area contributed by atoms with Gasteiger partial charge in [-0.05, 0) is 68.0 Å². The summed E-state index contributed by atoms with van der Waals surface area (Å²) < 4.78 is 0. The molecule has 9 nitrogen and oxygen atoms in total. The van der Waals surface area contributed by atoms with Crippen LogP contribution in [0.25, 0.3) is 0 Å². The van der Waals surface area contributed by atoms with Crippen molar-refractivity contribution < 1.29 is 0 Å². The van der Waals surface area contributed by atoms with Crippen LogP contribution >= 0.6 is 0 Å². The van der Waals surface area contributed by atoms with Crippen LogP contribution in [0, 0.1) is 0 Å². The minimum atomic E-state index is 0.111. The van der Waals surface area contributed by atoms with E-state index in [1.54, 1.807) is 0 Å². The molecule has 3 rings (SSSR count). The first-order valence-corrected chi connectivity index (χ1v) is 15.2. The number of hydrogen-bond acceptors (Lipinski definition) is 9. The Morgan fingerprint density at radius 3 is 1.52 bits per heavy atom. The highest BCUT2D eigenvalue weighted by Gasteiger charge is 2.16. The second kappa shape index (κ2) is 16.8. The summed E-state index contributed by atoms with van der Waals surface area (Å²) in [6, 6.07) is 0. The van der Waals surface area contributed by atoms with E-state index in [0.717, 1.165) is 64.0 Å². The predicted octanol–water partition coefficient (Wildman–Crippen LogP) is 4.74. The standard InChI is InChI=1S/C16H29N5.C15H28N4/c1-16(2,3)14-12-18-15(19-13-14)17-6-5-7-21-10-8-20(4)9-11-21;1-6-19(7-2)10-8-9-16-14-17-11-13(12-18-14)15(3,4)5/h12-13H,5-11H2,1-4H3,(H,17,18,19);11-12H,6-10H2,1-5H3,(H,16,17,18). The lowest BCUT2D eigenvalue weighted by atomic mass is 9.89. The Morgan fingerprint density at radius 2 is 1.12 bits per heavy atom. The Bertz CT molecular complexity index is 921. The summed E-state index contributed by atoms with van der Waals surface area (Å²) in [5.74, 6) is 1.47. The number of nitrogens with one attached hydrogen (secondary N) is 2. The van der Waals surface area contributed by atoms with Crippen molar-refractivity contribution in [1.29, 1.82) is 0 Å². The summed E-state index contributed by atoms with van der Waals surface area (Å²) in [5, 5.41) is 6.59. The van der Waals surface area contributed by atoms with Crippen LogP contribution in [0.5, 0.6) is 0 Å². The highest BCUT2D eigenvalue weighted by atomic mass is 15.2. The van der Waals surface area contributed by atoms with Gasteiger partial charge < -0.3 is 25.3 Å². The first-order chi connectivity index (χ1) is 18.9. The van der Waals surface area contributed by atoms with Crippen LogP contribution in [0.1, 0.15) is 79.4 Å². The maximum atomic E-state index is 4.40. The largest absolute Gasteiger partial charge is 0.354 e. The van der Waals surface area contributed by atoms with Crippen LogP contribution in [0.15, 0.2) is 24.8 Å². The summed E-state index contributed by atoms with van der Waals surface area (Å²) >= 11 is 0. The first-order valence-electron chi connectivity index (χ1n) is 15.2. The van der Waals surface area contributed by atoms with E-state index in [-0.39, 0.29) is 10.8 Å². The third-order valence-corrected chi connectivity index (χ3v) is 7.39. The quantitative estimate of drug-likeness (QED) is 0.361. The number of rotatable bonds is 12. The van der Waals surface area contributed by atoms with Crippen molar-refractivity contribution in [3.8, 4) is 0 Å². The van der Waals surface area contributed by atoms with E-state index in [1.165, 1.54) is 37.3 Å². The Balaban J connectivity index is 0.000000282. The number of hydrogen-bond donors (Lipinski definition) is 2. The summed E-state index contributed by atoms with van der Waals surface area (Å²) in [5.41, 5.74) is 2.56. The molecule has 226 valence electrons. The Morgan fingerprint density at radius 1 is 0.700 bits per heavy atom. The van der Waals surface area contributed by atoms with E-state index in [4.69, 9.17) is 0 Å². The molecule has 0 bridgehead atoms. The number of nitrogens with zero attached hydrogens (tertiary/aromatic N) is 7. The molecule has 1 aliphatic rings. The van der Waals surface area contributed by atoms with Crippen LogP contribution in [0.4, 0.5) is 11.9 Å². The number of likely N-dealkylation sites (N-methyl/N-ethyl adjacent to an activating group) is 1. The van der Waals surface area contributed by atoms with Crippen LogP contribution in [0.2, 0.25) is 0 Å². The zero-order valence-corrected chi connectivity index (χ0v) is 26.9. The van der Waals surface area contributed by atoms with E-state index < -0.39 is 0 Å². The summed E-state index contributed by atoms with van der Waals surface area (Å²) in [6.07, 6.45) is 9.94. The number of aromatic nitrogens is 4. The Kier molecular flexibility index (Phi) is 14.2. The molecule has 0 amide bonds. The van der Waals surface area contributed by atoms with Gasteiger partial charge in [-0.1, -0.05) is 55.4 Å². The van der Waals surface area contributed by atoms with Gasteiger partial charge in [-0.15, -0.1) is 0 Å². The predicted molar refractivity (Wildman–Crippen MR) is 169 cm³/mol.